The van der Waals surface area contributed by atoms with E-state index >= 15 is 0 Å². The van der Waals surface area contributed by atoms with E-state index in [2.05, 4.69) is 26.6 Å². The third-order valence-corrected chi connectivity index (χ3v) is 4.75. The van der Waals surface area contributed by atoms with Gasteiger partial charge in [0.25, 0.3) is 0 Å². The average Bonchev–Trinajstić information content (AvgIpc) is 2.65. The van der Waals surface area contributed by atoms with Crippen molar-refractivity contribution in [1.29, 1.82) is 5.26 Å². The lowest BCUT2D eigenvalue weighted by Crippen LogP contribution is -2.58. The number of carbonyl (C=O) groups is 1. The highest BCUT2D eigenvalue weighted by Gasteiger charge is 2.30. The maximum Gasteiger partial charge on any atom is 0.317 e. The Morgan fingerprint density at radius 3 is 3.12 bits per heavy atom. The fraction of sp³-hybridized carbons (Fsp3) is 0.588. The lowest BCUT2D eigenvalue weighted by molar-refractivity contribution is 0.0645. The second kappa shape index (κ2) is 7.97. The number of carbonyl (C=O) groups excluding carboxylic acids is 1. The average molecular weight is 328 g/mol. The van der Waals surface area contributed by atoms with E-state index in [-0.39, 0.29) is 6.03 Å². The van der Waals surface area contributed by atoms with Gasteiger partial charge in [-0.1, -0.05) is 6.42 Å². The van der Waals surface area contributed by atoms with Crippen molar-refractivity contribution in [2.24, 2.45) is 0 Å². The van der Waals surface area contributed by atoms with Crippen molar-refractivity contribution in [2.75, 3.05) is 44.6 Å². The lowest BCUT2D eigenvalue weighted by Gasteiger charge is -2.43. The van der Waals surface area contributed by atoms with Crippen LogP contribution in [0.4, 0.5) is 10.6 Å². The van der Waals surface area contributed by atoms with Crippen molar-refractivity contribution in [3.8, 4) is 6.07 Å². The van der Waals surface area contributed by atoms with Gasteiger partial charge in [0, 0.05) is 45.0 Å². The summed E-state index contributed by atoms with van der Waals surface area (Å²) in [5, 5.41) is 15.1. The molecule has 0 unspecified atom stereocenters. The monoisotopic (exact) mass is 328 g/mol. The first-order valence-electron chi connectivity index (χ1n) is 8.64. The van der Waals surface area contributed by atoms with Crippen molar-refractivity contribution in [3.63, 3.8) is 0 Å². The number of nitrogens with one attached hydrogen (secondary N) is 2. The number of pyridine rings is 1. The molecule has 7 nitrogen and oxygen atoms in total. The molecule has 24 heavy (non-hydrogen) atoms. The van der Waals surface area contributed by atoms with Gasteiger partial charge in [0.05, 0.1) is 5.56 Å². The number of piperidine rings is 1. The van der Waals surface area contributed by atoms with Gasteiger partial charge in [0.15, 0.2) is 0 Å². The SMILES string of the molecule is N#Cc1cccnc1NCCNC(=O)N1CCN2CCCC[C@@H]2C1. The van der Waals surface area contributed by atoms with Crippen LogP contribution in [0.2, 0.25) is 0 Å². The zero-order chi connectivity index (χ0) is 16.8. The predicted molar refractivity (Wildman–Crippen MR) is 91.6 cm³/mol. The van der Waals surface area contributed by atoms with E-state index < -0.39 is 0 Å². The molecule has 2 fully saturated rings. The number of urea groups is 1. The smallest absolute Gasteiger partial charge is 0.317 e. The minimum absolute atomic E-state index is 0.00329. The normalized spacial score (nSPS) is 20.8. The summed E-state index contributed by atoms with van der Waals surface area (Å²) < 4.78 is 0. The minimum atomic E-state index is 0.00329. The van der Waals surface area contributed by atoms with E-state index in [9.17, 15) is 4.79 Å². The second-order valence-electron chi connectivity index (χ2n) is 6.30. The lowest BCUT2D eigenvalue weighted by atomic mass is 10.00. The molecule has 0 saturated carbocycles. The molecule has 128 valence electrons. The van der Waals surface area contributed by atoms with Crippen LogP contribution >= 0.6 is 0 Å². The Balaban J connectivity index is 1.40. The van der Waals surface area contributed by atoms with Crippen LogP contribution in [0.3, 0.4) is 0 Å². The molecule has 0 aliphatic carbocycles. The molecule has 3 heterocycles. The van der Waals surface area contributed by atoms with E-state index in [1.165, 1.54) is 25.8 Å². The molecule has 0 radical (unpaired) electrons. The topological polar surface area (TPSA) is 84.3 Å². The molecule has 1 aromatic rings. The Bertz CT molecular complexity index is 613. The predicted octanol–water partition coefficient (Wildman–Crippen LogP) is 1.24. The van der Waals surface area contributed by atoms with Crippen LogP contribution in [0.15, 0.2) is 18.3 Å². The van der Waals surface area contributed by atoms with E-state index in [0.717, 1.165) is 19.6 Å². The van der Waals surface area contributed by atoms with Gasteiger partial charge >= 0.3 is 6.03 Å². The Hall–Kier alpha value is -2.33. The first-order valence-corrected chi connectivity index (χ1v) is 8.64. The Kier molecular flexibility index (Phi) is 5.49. The van der Waals surface area contributed by atoms with Gasteiger partial charge in [-0.3, -0.25) is 4.90 Å². The molecule has 2 aliphatic rings. The molecule has 2 amide bonds. The van der Waals surface area contributed by atoms with Crippen LogP contribution in [-0.2, 0) is 0 Å². The maximum atomic E-state index is 12.3. The number of rotatable bonds is 4. The standard InChI is InChI=1S/C17H24N6O/c18-12-14-4-3-6-19-16(14)20-7-8-21-17(24)23-11-10-22-9-2-1-5-15(22)13-23/h3-4,6,15H,1-2,5,7-11,13H2,(H,19,20)(H,21,24)/t15-/m1/s1. The zero-order valence-corrected chi connectivity index (χ0v) is 13.9. The third-order valence-electron chi connectivity index (χ3n) is 4.75. The minimum Gasteiger partial charge on any atom is -0.367 e. The fourth-order valence-corrected chi connectivity index (χ4v) is 3.44. The van der Waals surface area contributed by atoms with Gasteiger partial charge in [-0.15, -0.1) is 0 Å². The maximum absolute atomic E-state index is 12.3. The van der Waals surface area contributed by atoms with Crippen LogP contribution in [0, 0.1) is 11.3 Å². The first kappa shape index (κ1) is 16.5. The second-order valence-corrected chi connectivity index (χ2v) is 6.30. The number of nitrogens with zero attached hydrogens (tertiary/aromatic N) is 4. The summed E-state index contributed by atoms with van der Waals surface area (Å²) in [7, 11) is 0. The van der Waals surface area contributed by atoms with Crippen molar-refractivity contribution >= 4 is 11.8 Å². The Morgan fingerprint density at radius 1 is 1.33 bits per heavy atom. The molecule has 7 heteroatoms. The Labute approximate surface area is 142 Å². The van der Waals surface area contributed by atoms with Crippen molar-refractivity contribution in [2.45, 2.75) is 25.3 Å². The zero-order valence-electron chi connectivity index (χ0n) is 13.9. The molecule has 1 aromatic heterocycles. The first-order chi connectivity index (χ1) is 11.8. The highest BCUT2D eigenvalue weighted by atomic mass is 16.2. The van der Waals surface area contributed by atoms with Gasteiger partial charge in [-0.2, -0.15) is 5.26 Å². The molecule has 3 rings (SSSR count). The van der Waals surface area contributed by atoms with Crippen molar-refractivity contribution in [3.05, 3.63) is 23.9 Å². The quantitative estimate of drug-likeness (QED) is 0.813. The molecule has 1 atom stereocenters. The van der Waals surface area contributed by atoms with Crippen molar-refractivity contribution < 1.29 is 4.79 Å². The molecular weight excluding hydrogens is 304 g/mol. The van der Waals surface area contributed by atoms with Crippen LogP contribution < -0.4 is 10.6 Å². The van der Waals surface area contributed by atoms with Gasteiger partial charge in [0.1, 0.15) is 11.9 Å². The molecule has 0 aromatic carbocycles. The van der Waals surface area contributed by atoms with Crippen molar-refractivity contribution in [1.82, 2.24) is 20.1 Å². The molecule has 2 saturated heterocycles. The number of fused-ring (bicyclic) bond motifs is 1. The molecule has 2 aliphatic heterocycles. The highest BCUT2D eigenvalue weighted by molar-refractivity contribution is 5.74. The number of hydrogen-bond donors (Lipinski definition) is 2. The van der Waals surface area contributed by atoms with E-state index in [0.29, 0.717) is 30.5 Å². The van der Waals surface area contributed by atoms with Gasteiger partial charge < -0.3 is 15.5 Å². The van der Waals surface area contributed by atoms with Crippen LogP contribution in [0.5, 0.6) is 0 Å². The summed E-state index contributed by atoms with van der Waals surface area (Å²) in [4.78, 5) is 20.9. The molecule has 2 N–H and O–H groups in total. The van der Waals surface area contributed by atoms with Gasteiger partial charge in [-0.05, 0) is 31.5 Å². The van der Waals surface area contributed by atoms with E-state index in [1.54, 1.807) is 18.3 Å². The molecular formula is C17H24N6O. The van der Waals surface area contributed by atoms with Crippen LogP contribution in [-0.4, -0.2) is 66.1 Å². The molecule has 0 spiro atoms. The third kappa shape index (κ3) is 3.95. The van der Waals surface area contributed by atoms with Crippen LogP contribution in [0.25, 0.3) is 0 Å². The number of nitriles is 1. The molecule has 0 bridgehead atoms. The number of aromatic nitrogens is 1. The fourth-order valence-electron chi connectivity index (χ4n) is 3.44. The summed E-state index contributed by atoms with van der Waals surface area (Å²) in [5.41, 5.74) is 0.511. The summed E-state index contributed by atoms with van der Waals surface area (Å²) in [6.45, 7) is 4.84. The summed E-state index contributed by atoms with van der Waals surface area (Å²) in [6.07, 6.45) is 5.39. The number of anilines is 1. The van der Waals surface area contributed by atoms with Gasteiger partial charge in [0.2, 0.25) is 0 Å². The van der Waals surface area contributed by atoms with E-state index in [4.69, 9.17) is 5.26 Å². The summed E-state index contributed by atoms with van der Waals surface area (Å²) in [6, 6.07) is 6.08. The van der Waals surface area contributed by atoms with Crippen LogP contribution in [0.1, 0.15) is 24.8 Å². The number of piperazine rings is 1. The number of hydrogen-bond acceptors (Lipinski definition) is 5. The van der Waals surface area contributed by atoms with Gasteiger partial charge in [-0.25, -0.2) is 9.78 Å². The van der Waals surface area contributed by atoms with E-state index in [1.807, 2.05) is 4.90 Å². The summed E-state index contributed by atoms with van der Waals surface area (Å²) in [5.74, 6) is 0.560. The Morgan fingerprint density at radius 2 is 2.25 bits per heavy atom. The summed E-state index contributed by atoms with van der Waals surface area (Å²) >= 11 is 0. The largest absolute Gasteiger partial charge is 0.367 e. The highest BCUT2D eigenvalue weighted by Crippen LogP contribution is 2.20. The number of amides is 2.